The summed E-state index contributed by atoms with van der Waals surface area (Å²) < 4.78 is 5.62. The van der Waals surface area contributed by atoms with E-state index in [9.17, 15) is 0 Å². The Kier molecular flexibility index (Phi) is 7.55. The predicted molar refractivity (Wildman–Crippen MR) is 85.3 cm³/mol. The lowest BCUT2D eigenvalue weighted by Gasteiger charge is -2.11. The van der Waals surface area contributed by atoms with Crippen LogP contribution in [0.4, 0.5) is 0 Å². The van der Waals surface area contributed by atoms with Gasteiger partial charge in [0.05, 0.1) is 6.61 Å². The molecule has 0 radical (unpaired) electrons. The van der Waals surface area contributed by atoms with Crippen molar-refractivity contribution in [1.82, 2.24) is 5.32 Å². The standard InChI is InChI=1S/C16H27N3O/c1-4-11-20-15-8-6-7-14(12-15)9-10-18-16(17)19-13(3)5-2/h6-8,12-13H,4-5,9-11H2,1-3H3,(H3,17,18,19). The Labute approximate surface area is 122 Å². The van der Waals surface area contributed by atoms with Crippen molar-refractivity contribution in [2.45, 2.75) is 46.1 Å². The Morgan fingerprint density at radius 3 is 2.90 bits per heavy atom. The van der Waals surface area contributed by atoms with Crippen LogP contribution in [0.2, 0.25) is 0 Å². The first kappa shape index (κ1) is 16.3. The number of nitrogens with zero attached hydrogens (tertiary/aromatic N) is 1. The fourth-order valence-corrected chi connectivity index (χ4v) is 1.72. The Balaban J connectivity index is 2.43. The highest BCUT2D eigenvalue weighted by molar-refractivity contribution is 5.78. The summed E-state index contributed by atoms with van der Waals surface area (Å²) in [6, 6.07) is 8.53. The molecule has 1 unspecified atom stereocenters. The molecule has 0 saturated carbocycles. The monoisotopic (exact) mass is 277 g/mol. The van der Waals surface area contributed by atoms with Gasteiger partial charge in [0.25, 0.3) is 0 Å². The fraction of sp³-hybridized carbons (Fsp3) is 0.562. The molecule has 0 bridgehead atoms. The summed E-state index contributed by atoms with van der Waals surface area (Å²) in [6.45, 7) is 7.76. The van der Waals surface area contributed by atoms with E-state index in [1.165, 1.54) is 5.56 Å². The molecule has 1 rings (SSSR count). The molecular formula is C16H27N3O. The lowest BCUT2D eigenvalue weighted by atomic mass is 10.1. The average Bonchev–Trinajstić information content (AvgIpc) is 2.45. The third kappa shape index (κ3) is 6.45. The number of nitrogens with one attached hydrogen (secondary N) is 1. The summed E-state index contributed by atoms with van der Waals surface area (Å²) in [7, 11) is 0. The molecule has 4 nitrogen and oxygen atoms in total. The van der Waals surface area contributed by atoms with Gasteiger partial charge in [-0.25, -0.2) is 0 Å². The van der Waals surface area contributed by atoms with Gasteiger partial charge in [-0.15, -0.1) is 0 Å². The molecule has 112 valence electrons. The number of ether oxygens (including phenoxy) is 1. The van der Waals surface area contributed by atoms with E-state index < -0.39 is 0 Å². The van der Waals surface area contributed by atoms with Crippen LogP contribution in [0.25, 0.3) is 0 Å². The van der Waals surface area contributed by atoms with Crippen LogP contribution in [0.5, 0.6) is 5.75 Å². The molecule has 1 aromatic carbocycles. The van der Waals surface area contributed by atoms with Crippen molar-refractivity contribution in [1.29, 1.82) is 0 Å². The normalized spacial score (nSPS) is 13.1. The van der Waals surface area contributed by atoms with Crippen molar-refractivity contribution >= 4 is 5.96 Å². The number of nitrogens with two attached hydrogens (primary N) is 1. The fourth-order valence-electron chi connectivity index (χ4n) is 1.72. The van der Waals surface area contributed by atoms with Gasteiger partial charge >= 0.3 is 0 Å². The first-order valence-electron chi connectivity index (χ1n) is 7.43. The van der Waals surface area contributed by atoms with Crippen LogP contribution in [0.3, 0.4) is 0 Å². The molecule has 1 atom stereocenters. The molecule has 0 aliphatic heterocycles. The van der Waals surface area contributed by atoms with E-state index in [1.54, 1.807) is 0 Å². The van der Waals surface area contributed by atoms with Gasteiger partial charge in [-0.3, -0.25) is 4.99 Å². The quantitative estimate of drug-likeness (QED) is 0.567. The van der Waals surface area contributed by atoms with Gasteiger partial charge in [-0.1, -0.05) is 26.0 Å². The molecule has 0 aromatic heterocycles. The molecule has 0 aliphatic carbocycles. The number of hydrogen-bond acceptors (Lipinski definition) is 2. The highest BCUT2D eigenvalue weighted by Crippen LogP contribution is 2.14. The van der Waals surface area contributed by atoms with E-state index in [1.807, 2.05) is 12.1 Å². The van der Waals surface area contributed by atoms with Crippen LogP contribution in [0, 0.1) is 0 Å². The minimum Gasteiger partial charge on any atom is -0.494 e. The zero-order valence-corrected chi connectivity index (χ0v) is 12.9. The summed E-state index contributed by atoms with van der Waals surface area (Å²) in [5.41, 5.74) is 7.05. The van der Waals surface area contributed by atoms with Crippen molar-refractivity contribution in [3.8, 4) is 5.75 Å². The van der Waals surface area contributed by atoms with Crippen LogP contribution in [-0.4, -0.2) is 25.2 Å². The van der Waals surface area contributed by atoms with Crippen molar-refractivity contribution in [2.24, 2.45) is 10.7 Å². The maximum Gasteiger partial charge on any atom is 0.188 e. The number of guanidine groups is 1. The predicted octanol–water partition coefficient (Wildman–Crippen LogP) is 2.72. The van der Waals surface area contributed by atoms with Crippen molar-refractivity contribution in [3.05, 3.63) is 29.8 Å². The number of benzene rings is 1. The lowest BCUT2D eigenvalue weighted by molar-refractivity contribution is 0.317. The molecule has 0 saturated heterocycles. The van der Waals surface area contributed by atoms with E-state index in [-0.39, 0.29) is 0 Å². The highest BCUT2D eigenvalue weighted by atomic mass is 16.5. The first-order chi connectivity index (χ1) is 9.65. The van der Waals surface area contributed by atoms with Crippen LogP contribution < -0.4 is 15.8 Å². The van der Waals surface area contributed by atoms with Crippen LogP contribution in [0.1, 0.15) is 39.2 Å². The maximum absolute atomic E-state index is 5.82. The Hall–Kier alpha value is -1.71. The van der Waals surface area contributed by atoms with E-state index >= 15 is 0 Å². The van der Waals surface area contributed by atoms with Crippen LogP contribution in [-0.2, 0) is 6.42 Å². The summed E-state index contributed by atoms with van der Waals surface area (Å²) in [4.78, 5) is 4.34. The molecule has 0 spiro atoms. The summed E-state index contributed by atoms with van der Waals surface area (Å²) in [5.74, 6) is 1.46. The molecular weight excluding hydrogens is 250 g/mol. The minimum atomic E-state index is 0.365. The second-order valence-corrected chi connectivity index (χ2v) is 4.97. The van der Waals surface area contributed by atoms with E-state index in [2.05, 4.69) is 43.2 Å². The lowest BCUT2D eigenvalue weighted by Crippen LogP contribution is -2.38. The van der Waals surface area contributed by atoms with E-state index in [0.29, 0.717) is 18.5 Å². The largest absolute Gasteiger partial charge is 0.494 e. The maximum atomic E-state index is 5.82. The third-order valence-electron chi connectivity index (χ3n) is 3.06. The van der Waals surface area contributed by atoms with Crippen molar-refractivity contribution < 1.29 is 4.74 Å². The molecule has 1 aromatic rings. The van der Waals surface area contributed by atoms with E-state index in [0.717, 1.165) is 31.6 Å². The highest BCUT2D eigenvalue weighted by Gasteiger charge is 2.00. The zero-order chi connectivity index (χ0) is 14.8. The van der Waals surface area contributed by atoms with Gasteiger partial charge in [-0.05, 0) is 43.9 Å². The Morgan fingerprint density at radius 2 is 2.20 bits per heavy atom. The van der Waals surface area contributed by atoms with Crippen molar-refractivity contribution in [2.75, 3.05) is 13.2 Å². The molecule has 20 heavy (non-hydrogen) atoms. The molecule has 0 aliphatic rings. The zero-order valence-electron chi connectivity index (χ0n) is 12.9. The second-order valence-electron chi connectivity index (χ2n) is 4.97. The molecule has 3 N–H and O–H groups in total. The van der Waals surface area contributed by atoms with Crippen LogP contribution in [0.15, 0.2) is 29.3 Å². The van der Waals surface area contributed by atoms with Gasteiger partial charge in [0.15, 0.2) is 5.96 Å². The summed E-state index contributed by atoms with van der Waals surface area (Å²) in [5, 5.41) is 3.16. The molecule has 0 fully saturated rings. The molecule has 0 amide bonds. The third-order valence-corrected chi connectivity index (χ3v) is 3.06. The number of aliphatic imine (C=N–C) groups is 1. The molecule has 4 heteroatoms. The van der Waals surface area contributed by atoms with Gasteiger partial charge in [0.1, 0.15) is 5.75 Å². The topological polar surface area (TPSA) is 59.6 Å². The summed E-state index contributed by atoms with van der Waals surface area (Å²) in [6.07, 6.45) is 2.92. The second kappa shape index (κ2) is 9.23. The first-order valence-corrected chi connectivity index (χ1v) is 7.43. The van der Waals surface area contributed by atoms with Crippen molar-refractivity contribution in [3.63, 3.8) is 0 Å². The summed E-state index contributed by atoms with van der Waals surface area (Å²) >= 11 is 0. The van der Waals surface area contributed by atoms with E-state index in [4.69, 9.17) is 10.5 Å². The van der Waals surface area contributed by atoms with Gasteiger partial charge in [-0.2, -0.15) is 0 Å². The minimum absolute atomic E-state index is 0.365. The van der Waals surface area contributed by atoms with Gasteiger partial charge < -0.3 is 15.8 Å². The van der Waals surface area contributed by atoms with Crippen LogP contribution >= 0.6 is 0 Å². The Morgan fingerprint density at radius 1 is 1.40 bits per heavy atom. The Bertz CT molecular complexity index is 418. The smallest absolute Gasteiger partial charge is 0.188 e. The van der Waals surface area contributed by atoms with Gasteiger partial charge in [0.2, 0.25) is 0 Å². The number of rotatable bonds is 8. The number of hydrogen-bond donors (Lipinski definition) is 2. The SMILES string of the molecule is CCCOc1cccc(CCN=C(N)NC(C)CC)c1. The molecule has 0 heterocycles. The van der Waals surface area contributed by atoms with Gasteiger partial charge in [0, 0.05) is 12.6 Å². The average molecular weight is 277 g/mol.